The number of allylic oxidation sites excluding steroid dienone is 1. The third-order valence-corrected chi connectivity index (χ3v) is 10.2. The van der Waals surface area contributed by atoms with Crippen LogP contribution in [0.25, 0.3) is 28.0 Å². The van der Waals surface area contributed by atoms with E-state index in [0.29, 0.717) is 16.7 Å². The first kappa shape index (κ1) is 29.6. The van der Waals surface area contributed by atoms with Gasteiger partial charge < -0.3 is 20.4 Å². The highest BCUT2D eigenvalue weighted by molar-refractivity contribution is 6.24. The molecule has 3 aliphatic rings. The summed E-state index contributed by atoms with van der Waals surface area (Å²) in [6, 6.07) is 20.7. The highest BCUT2D eigenvalue weighted by Gasteiger charge is 2.72. The molecule has 0 spiro atoms. The van der Waals surface area contributed by atoms with Gasteiger partial charge >= 0.3 is 0 Å². The Morgan fingerprint density at radius 1 is 0.886 bits per heavy atom. The normalized spacial score (nSPS) is 28.1. The van der Waals surface area contributed by atoms with Crippen LogP contribution in [-0.4, -0.2) is 43.4 Å². The summed E-state index contributed by atoms with van der Waals surface area (Å²) in [5.74, 6) is -5.35. The molecule has 3 aromatic rings. The molecule has 3 aliphatic carbocycles. The number of phenols is 1. The molecule has 1 fully saturated rings. The molecule has 4 atom stereocenters. The van der Waals surface area contributed by atoms with Gasteiger partial charge in [-0.15, -0.1) is 0 Å². The zero-order valence-corrected chi connectivity index (χ0v) is 25.4. The zero-order chi connectivity index (χ0) is 31.9. The van der Waals surface area contributed by atoms with E-state index in [1.165, 1.54) is 0 Å². The molecule has 0 aromatic heterocycles. The minimum atomic E-state index is -2.65. The Balaban J connectivity index is 1.69. The van der Waals surface area contributed by atoms with Gasteiger partial charge in [0.25, 0.3) is 0 Å². The molecular formula is C37H36O7. The summed E-state index contributed by atoms with van der Waals surface area (Å²) in [5.41, 5.74) is -2.49. The van der Waals surface area contributed by atoms with Crippen LogP contribution in [0.5, 0.6) is 5.75 Å². The second-order valence-electron chi connectivity index (χ2n) is 13.4. The van der Waals surface area contributed by atoms with Gasteiger partial charge in [-0.2, -0.15) is 0 Å². The summed E-state index contributed by atoms with van der Waals surface area (Å²) < 4.78 is 0. The Labute approximate surface area is 256 Å². The van der Waals surface area contributed by atoms with Crippen molar-refractivity contribution in [2.45, 2.75) is 53.1 Å². The second kappa shape index (κ2) is 9.76. The van der Waals surface area contributed by atoms with Gasteiger partial charge in [-0.3, -0.25) is 14.4 Å². The predicted octanol–water partition coefficient (Wildman–Crippen LogP) is 6.52. The number of hydrogen-bond donors (Lipinski definition) is 4. The quantitative estimate of drug-likeness (QED) is 0.254. The van der Waals surface area contributed by atoms with Crippen molar-refractivity contribution < 1.29 is 34.8 Å². The van der Waals surface area contributed by atoms with E-state index in [1.807, 2.05) is 73.7 Å². The van der Waals surface area contributed by atoms with Crippen molar-refractivity contribution >= 4 is 23.1 Å². The van der Waals surface area contributed by atoms with E-state index >= 15 is 0 Å². The third-order valence-electron chi connectivity index (χ3n) is 10.2. The van der Waals surface area contributed by atoms with E-state index in [0.717, 1.165) is 18.1 Å². The number of hydrogen-bond acceptors (Lipinski definition) is 7. The largest absolute Gasteiger partial charge is 0.508 e. The van der Waals surface area contributed by atoms with E-state index < -0.39 is 56.8 Å². The number of rotatable bonds is 4. The number of benzene rings is 3. The molecule has 7 heteroatoms. The number of Topliss-reactive ketones (excluding diaryl/α,β-unsaturated/α-hetero) is 3. The van der Waals surface area contributed by atoms with Crippen LogP contribution in [0.15, 0.2) is 83.6 Å². The summed E-state index contributed by atoms with van der Waals surface area (Å²) in [5, 5.41) is 47.5. The van der Waals surface area contributed by atoms with Crippen LogP contribution >= 0.6 is 0 Å². The Bertz CT molecular complexity index is 1820. The summed E-state index contributed by atoms with van der Waals surface area (Å²) in [6.07, 6.45) is 0.245. The first-order chi connectivity index (χ1) is 20.7. The minimum Gasteiger partial charge on any atom is -0.508 e. The standard InChI is InChI=1S/C37H36O7/c1-19(2)28-31(40)26(20(3)38)33(42)37(44)34(43)29-32(41)27-25(17-35(29,4)18-36(28,37)5)23(21-12-8-6-9-13-21)16-24(30(27)39)22-14-10-7-11-15-22/h6-16,19,28,39,41-42,44H,17-18H2,1-5H3/t28?,35-,36-,37+/m1/s1. The van der Waals surface area contributed by atoms with E-state index in [9.17, 15) is 34.8 Å². The Morgan fingerprint density at radius 3 is 1.95 bits per heavy atom. The van der Waals surface area contributed by atoms with Crippen LogP contribution in [0.2, 0.25) is 0 Å². The average Bonchev–Trinajstić information content (AvgIpc) is 2.95. The highest BCUT2D eigenvalue weighted by atomic mass is 16.3. The zero-order valence-electron chi connectivity index (χ0n) is 25.4. The maximum Gasteiger partial charge on any atom is 0.203 e. The molecule has 0 aliphatic heterocycles. The van der Waals surface area contributed by atoms with Crippen LogP contribution in [0.4, 0.5) is 0 Å². The molecule has 7 nitrogen and oxygen atoms in total. The van der Waals surface area contributed by atoms with Gasteiger partial charge in [-0.1, -0.05) is 88.4 Å². The monoisotopic (exact) mass is 592 g/mol. The molecule has 1 unspecified atom stereocenters. The summed E-state index contributed by atoms with van der Waals surface area (Å²) >= 11 is 0. The molecule has 0 heterocycles. The number of aliphatic hydroxyl groups is 3. The van der Waals surface area contributed by atoms with Crippen molar-refractivity contribution in [2.75, 3.05) is 0 Å². The Hall–Kier alpha value is -4.49. The van der Waals surface area contributed by atoms with Crippen LogP contribution in [0, 0.1) is 22.7 Å². The fourth-order valence-electron chi connectivity index (χ4n) is 8.50. The third kappa shape index (κ3) is 3.75. The fraction of sp³-hybridized carbons (Fsp3) is 0.324. The number of fused-ring (bicyclic) bond motifs is 3. The topological polar surface area (TPSA) is 132 Å². The van der Waals surface area contributed by atoms with E-state index in [-0.39, 0.29) is 35.6 Å². The molecule has 0 amide bonds. The van der Waals surface area contributed by atoms with Crippen molar-refractivity contribution in [3.8, 4) is 28.0 Å². The molecule has 3 aromatic carbocycles. The fourth-order valence-corrected chi connectivity index (χ4v) is 8.50. The number of carbonyl (C=O) groups is 3. The van der Waals surface area contributed by atoms with Crippen LogP contribution < -0.4 is 0 Å². The van der Waals surface area contributed by atoms with Gasteiger partial charge in [0.15, 0.2) is 17.2 Å². The molecule has 6 rings (SSSR count). The number of phenolic OH excluding ortho intramolecular Hbond substituents is 1. The minimum absolute atomic E-state index is 0.0420. The molecule has 226 valence electrons. The van der Waals surface area contributed by atoms with Crippen molar-refractivity contribution in [1.29, 1.82) is 0 Å². The van der Waals surface area contributed by atoms with Gasteiger partial charge in [-0.05, 0) is 54.0 Å². The molecule has 44 heavy (non-hydrogen) atoms. The Kier molecular flexibility index (Phi) is 6.56. The number of ketones is 3. The number of aliphatic hydroxyl groups excluding tert-OH is 2. The van der Waals surface area contributed by atoms with Gasteiger partial charge in [-0.25, -0.2) is 0 Å². The maximum atomic E-state index is 14.7. The molecule has 4 N–H and O–H groups in total. The number of aromatic hydroxyl groups is 1. The molecule has 1 saturated carbocycles. The first-order valence-electron chi connectivity index (χ1n) is 14.9. The lowest BCUT2D eigenvalue weighted by atomic mass is 9.43. The summed E-state index contributed by atoms with van der Waals surface area (Å²) in [7, 11) is 0. The van der Waals surface area contributed by atoms with Gasteiger partial charge in [0.1, 0.15) is 22.8 Å². The Morgan fingerprint density at radius 2 is 1.43 bits per heavy atom. The average molecular weight is 593 g/mol. The first-order valence-corrected chi connectivity index (χ1v) is 14.9. The summed E-state index contributed by atoms with van der Waals surface area (Å²) in [6.45, 7) is 8.12. The molecule has 0 saturated heterocycles. The van der Waals surface area contributed by atoms with Crippen molar-refractivity contribution in [2.24, 2.45) is 22.7 Å². The van der Waals surface area contributed by atoms with Crippen LogP contribution in [0.1, 0.15) is 52.2 Å². The second-order valence-corrected chi connectivity index (χ2v) is 13.4. The SMILES string of the molecule is CC(=O)C1=C(O)[C@]2(O)C(=O)C3=C(O)c4c(O)c(-c5ccccc5)cc(-c5ccccc5)c4C[C@]3(C)C[C@]2(C)C(C(C)C)C1=O. The maximum absolute atomic E-state index is 14.7. The lowest BCUT2D eigenvalue weighted by Gasteiger charge is -2.59. The summed E-state index contributed by atoms with van der Waals surface area (Å²) in [4.78, 5) is 41.0. The van der Waals surface area contributed by atoms with Crippen LogP contribution in [-0.2, 0) is 20.8 Å². The van der Waals surface area contributed by atoms with Gasteiger partial charge in [0.2, 0.25) is 5.78 Å². The van der Waals surface area contributed by atoms with E-state index in [4.69, 9.17) is 0 Å². The van der Waals surface area contributed by atoms with Crippen molar-refractivity contribution in [1.82, 2.24) is 0 Å². The van der Waals surface area contributed by atoms with Crippen molar-refractivity contribution in [3.63, 3.8) is 0 Å². The lowest BCUT2D eigenvalue weighted by Crippen LogP contribution is -2.69. The van der Waals surface area contributed by atoms with E-state index in [1.54, 1.807) is 20.8 Å². The van der Waals surface area contributed by atoms with Crippen LogP contribution in [0.3, 0.4) is 0 Å². The predicted molar refractivity (Wildman–Crippen MR) is 167 cm³/mol. The van der Waals surface area contributed by atoms with Gasteiger partial charge in [0, 0.05) is 27.9 Å². The van der Waals surface area contributed by atoms with E-state index in [2.05, 4.69) is 0 Å². The smallest absolute Gasteiger partial charge is 0.203 e. The molecular weight excluding hydrogens is 556 g/mol. The molecule has 0 bridgehead atoms. The lowest BCUT2D eigenvalue weighted by molar-refractivity contribution is -0.178. The van der Waals surface area contributed by atoms with Crippen molar-refractivity contribution in [3.05, 3.63) is 94.8 Å². The highest BCUT2D eigenvalue weighted by Crippen LogP contribution is 2.65. The van der Waals surface area contributed by atoms with Gasteiger partial charge in [0.05, 0.1) is 5.56 Å². The molecule has 0 radical (unpaired) electrons. The number of carbonyl (C=O) groups excluding carboxylic acids is 3.